The fourth-order valence-electron chi connectivity index (χ4n) is 2.23. The second kappa shape index (κ2) is 4.19. The first-order valence-electron chi connectivity index (χ1n) is 5.64. The third-order valence-corrected chi connectivity index (χ3v) is 3.32. The normalized spacial score (nSPS) is 19.3. The van der Waals surface area contributed by atoms with Crippen LogP contribution in [0.3, 0.4) is 0 Å². The minimum atomic E-state index is 0.296. The lowest BCUT2D eigenvalue weighted by molar-refractivity contribution is 0.361. The predicted molar refractivity (Wildman–Crippen MR) is 62.4 cm³/mol. The Morgan fingerprint density at radius 2 is 2.20 bits per heavy atom. The highest BCUT2D eigenvalue weighted by molar-refractivity contribution is 5.41. The highest BCUT2D eigenvalue weighted by Gasteiger charge is 2.27. The molecule has 3 heteroatoms. The summed E-state index contributed by atoms with van der Waals surface area (Å²) in [4.78, 5) is 4.28. The van der Waals surface area contributed by atoms with Gasteiger partial charge in [0.2, 0.25) is 0 Å². The Morgan fingerprint density at radius 1 is 1.47 bits per heavy atom. The van der Waals surface area contributed by atoms with Gasteiger partial charge in [-0.05, 0) is 31.9 Å². The molecule has 1 aliphatic carbocycles. The fraction of sp³-hybridized carbons (Fsp3) is 0.583. The van der Waals surface area contributed by atoms with Crippen LogP contribution in [0.15, 0.2) is 18.3 Å². The molecule has 0 amide bonds. The summed E-state index contributed by atoms with van der Waals surface area (Å²) in [6.45, 7) is 3.07. The van der Waals surface area contributed by atoms with Gasteiger partial charge in [-0.15, -0.1) is 0 Å². The Kier molecular flexibility index (Phi) is 2.91. The third-order valence-electron chi connectivity index (χ3n) is 3.32. The molecule has 15 heavy (non-hydrogen) atoms. The Morgan fingerprint density at radius 3 is 2.87 bits per heavy atom. The van der Waals surface area contributed by atoms with Crippen molar-refractivity contribution in [3.63, 3.8) is 0 Å². The second-order valence-electron chi connectivity index (χ2n) is 4.66. The number of hydrogen-bond acceptors (Lipinski definition) is 3. The molecule has 0 saturated heterocycles. The molecule has 2 rings (SSSR count). The summed E-state index contributed by atoms with van der Waals surface area (Å²) in [5.41, 5.74) is 7.89. The summed E-state index contributed by atoms with van der Waals surface area (Å²) < 4.78 is 0. The topological polar surface area (TPSA) is 50.9 Å². The van der Waals surface area contributed by atoms with Gasteiger partial charge in [-0.3, -0.25) is 4.98 Å². The van der Waals surface area contributed by atoms with E-state index < -0.39 is 0 Å². The monoisotopic (exact) mass is 205 g/mol. The van der Waals surface area contributed by atoms with Gasteiger partial charge in [0.05, 0.1) is 11.4 Å². The fourth-order valence-corrected chi connectivity index (χ4v) is 2.23. The van der Waals surface area contributed by atoms with Crippen molar-refractivity contribution in [2.24, 2.45) is 0 Å². The van der Waals surface area contributed by atoms with Gasteiger partial charge < -0.3 is 11.1 Å². The van der Waals surface area contributed by atoms with E-state index in [1.54, 1.807) is 6.20 Å². The summed E-state index contributed by atoms with van der Waals surface area (Å²) in [5.74, 6) is 0. The number of aromatic nitrogens is 1. The van der Waals surface area contributed by atoms with Crippen molar-refractivity contribution < 1.29 is 0 Å². The molecule has 1 aromatic heterocycles. The number of rotatable bonds is 3. The van der Waals surface area contributed by atoms with Crippen molar-refractivity contribution in [2.75, 3.05) is 5.73 Å². The van der Waals surface area contributed by atoms with Crippen LogP contribution < -0.4 is 11.1 Å². The molecule has 0 radical (unpaired) electrons. The molecular weight excluding hydrogens is 186 g/mol. The van der Waals surface area contributed by atoms with E-state index in [4.69, 9.17) is 5.73 Å². The molecule has 0 unspecified atom stereocenters. The number of nitrogens with two attached hydrogens (primary N) is 1. The second-order valence-corrected chi connectivity index (χ2v) is 4.66. The Balaban J connectivity index is 1.95. The molecule has 3 N–H and O–H groups in total. The molecule has 1 saturated carbocycles. The molecular formula is C12H19N3. The maximum atomic E-state index is 5.85. The molecule has 1 aromatic rings. The Hall–Kier alpha value is -1.09. The summed E-state index contributed by atoms with van der Waals surface area (Å²) in [7, 11) is 0. The maximum Gasteiger partial charge on any atom is 0.0770 e. The molecule has 1 fully saturated rings. The van der Waals surface area contributed by atoms with Gasteiger partial charge in [0.25, 0.3) is 0 Å². The van der Waals surface area contributed by atoms with E-state index >= 15 is 0 Å². The van der Waals surface area contributed by atoms with Crippen LogP contribution in [0.2, 0.25) is 0 Å². The minimum Gasteiger partial charge on any atom is -0.397 e. The summed E-state index contributed by atoms with van der Waals surface area (Å²) in [6, 6.07) is 3.77. The number of nitrogen functional groups attached to an aromatic ring is 1. The molecule has 0 spiro atoms. The molecule has 0 aliphatic heterocycles. The standard InChI is InChI=1S/C12H19N3/c1-12(6-2-3-7-12)15-9-11-10(13)5-4-8-14-11/h4-5,8,15H,2-3,6-7,9,13H2,1H3. The lowest BCUT2D eigenvalue weighted by atomic mass is 10.0. The average Bonchev–Trinajstić information content (AvgIpc) is 2.65. The van der Waals surface area contributed by atoms with E-state index in [0.717, 1.165) is 17.9 Å². The highest BCUT2D eigenvalue weighted by atomic mass is 15.0. The molecule has 0 atom stereocenters. The summed E-state index contributed by atoms with van der Waals surface area (Å²) in [6.07, 6.45) is 6.99. The average molecular weight is 205 g/mol. The van der Waals surface area contributed by atoms with E-state index in [0.29, 0.717) is 5.54 Å². The third kappa shape index (κ3) is 2.48. The summed E-state index contributed by atoms with van der Waals surface area (Å²) >= 11 is 0. The molecule has 0 aromatic carbocycles. The van der Waals surface area contributed by atoms with Crippen molar-refractivity contribution in [1.29, 1.82) is 0 Å². The smallest absolute Gasteiger partial charge is 0.0770 e. The molecule has 3 nitrogen and oxygen atoms in total. The van der Waals surface area contributed by atoms with Crippen molar-refractivity contribution in [1.82, 2.24) is 10.3 Å². The number of anilines is 1. The minimum absolute atomic E-state index is 0.296. The first-order valence-corrected chi connectivity index (χ1v) is 5.64. The van der Waals surface area contributed by atoms with Gasteiger partial charge in [0.1, 0.15) is 0 Å². The van der Waals surface area contributed by atoms with Crippen LogP contribution in [0.5, 0.6) is 0 Å². The van der Waals surface area contributed by atoms with Gasteiger partial charge in [-0.1, -0.05) is 12.8 Å². The van der Waals surface area contributed by atoms with E-state index in [1.807, 2.05) is 12.1 Å². The van der Waals surface area contributed by atoms with Crippen molar-refractivity contribution >= 4 is 5.69 Å². The Labute approximate surface area is 91.1 Å². The first kappa shape index (κ1) is 10.4. The van der Waals surface area contributed by atoms with E-state index in [-0.39, 0.29) is 0 Å². The lowest BCUT2D eigenvalue weighted by Gasteiger charge is -2.25. The van der Waals surface area contributed by atoms with Crippen molar-refractivity contribution in [2.45, 2.75) is 44.7 Å². The van der Waals surface area contributed by atoms with Crippen LogP contribution in [0.25, 0.3) is 0 Å². The van der Waals surface area contributed by atoms with E-state index in [9.17, 15) is 0 Å². The number of pyridine rings is 1. The number of hydrogen-bond donors (Lipinski definition) is 2. The van der Waals surface area contributed by atoms with E-state index in [2.05, 4.69) is 17.2 Å². The van der Waals surface area contributed by atoms with Crippen molar-refractivity contribution in [3.05, 3.63) is 24.0 Å². The van der Waals surface area contributed by atoms with Crippen LogP contribution >= 0.6 is 0 Å². The van der Waals surface area contributed by atoms with Crippen LogP contribution in [0.1, 0.15) is 38.3 Å². The SMILES string of the molecule is CC1(NCc2ncccc2N)CCCC1. The molecule has 82 valence electrons. The van der Waals surface area contributed by atoms with Crippen LogP contribution in [-0.2, 0) is 6.54 Å². The zero-order valence-electron chi connectivity index (χ0n) is 9.29. The first-order chi connectivity index (χ1) is 7.20. The zero-order valence-corrected chi connectivity index (χ0v) is 9.29. The molecule has 1 heterocycles. The van der Waals surface area contributed by atoms with Crippen LogP contribution in [-0.4, -0.2) is 10.5 Å². The number of nitrogens with zero attached hydrogens (tertiary/aromatic N) is 1. The van der Waals surface area contributed by atoms with Gasteiger partial charge in [-0.25, -0.2) is 0 Å². The molecule has 1 aliphatic rings. The summed E-state index contributed by atoms with van der Waals surface area (Å²) in [5, 5.41) is 3.57. The molecule has 0 bridgehead atoms. The number of nitrogens with one attached hydrogen (secondary N) is 1. The van der Waals surface area contributed by atoms with Crippen LogP contribution in [0, 0.1) is 0 Å². The Bertz CT molecular complexity index is 329. The quantitative estimate of drug-likeness (QED) is 0.794. The largest absolute Gasteiger partial charge is 0.397 e. The maximum absolute atomic E-state index is 5.85. The van der Waals surface area contributed by atoms with Gasteiger partial charge in [0, 0.05) is 18.3 Å². The van der Waals surface area contributed by atoms with E-state index in [1.165, 1.54) is 25.7 Å². The van der Waals surface area contributed by atoms with Gasteiger partial charge in [-0.2, -0.15) is 0 Å². The lowest BCUT2D eigenvalue weighted by Crippen LogP contribution is -2.39. The van der Waals surface area contributed by atoms with Crippen molar-refractivity contribution in [3.8, 4) is 0 Å². The van der Waals surface area contributed by atoms with Gasteiger partial charge >= 0.3 is 0 Å². The highest BCUT2D eigenvalue weighted by Crippen LogP contribution is 2.29. The van der Waals surface area contributed by atoms with Crippen LogP contribution in [0.4, 0.5) is 5.69 Å². The van der Waals surface area contributed by atoms with Gasteiger partial charge in [0.15, 0.2) is 0 Å². The predicted octanol–water partition coefficient (Wildman–Crippen LogP) is 2.09. The zero-order chi connectivity index (χ0) is 10.7.